The maximum absolute atomic E-state index is 12.3. The Kier molecular flexibility index (Phi) is 4.36. The Balaban J connectivity index is 1.97. The quantitative estimate of drug-likeness (QED) is 0.766. The van der Waals surface area contributed by atoms with Crippen LogP contribution in [-0.4, -0.2) is 37.0 Å². The van der Waals surface area contributed by atoms with E-state index in [4.69, 9.17) is 10.00 Å². The molecule has 0 spiro atoms. The molecule has 104 valence electrons. The number of hydrogen-bond acceptors (Lipinski definition) is 4. The molecule has 1 aromatic carbocycles. The van der Waals surface area contributed by atoms with Crippen molar-refractivity contribution in [2.75, 3.05) is 20.2 Å². The predicted octanol–water partition coefficient (Wildman–Crippen LogP) is 1.58. The number of carbonyl (C=O) groups excluding carboxylic acids is 2. The number of esters is 1. The number of carbonyl (C=O) groups is 2. The number of nitriles is 1. The van der Waals surface area contributed by atoms with E-state index >= 15 is 0 Å². The number of piperidine rings is 1. The first-order valence-electron chi connectivity index (χ1n) is 6.53. The Bertz CT molecular complexity index is 537. The summed E-state index contributed by atoms with van der Waals surface area (Å²) < 4.78 is 4.72. The zero-order chi connectivity index (χ0) is 14.5. The molecule has 1 saturated heterocycles. The number of amides is 1. The van der Waals surface area contributed by atoms with Gasteiger partial charge in [-0.3, -0.25) is 9.59 Å². The third kappa shape index (κ3) is 2.97. The van der Waals surface area contributed by atoms with Gasteiger partial charge in [0.05, 0.1) is 24.7 Å². The highest BCUT2D eigenvalue weighted by Crippen LogP contribution is 2.20. The number of methoxy groups -OCH3 is 1. The van der Waals surface area contributed by atoms with E-state index in [9.17, 15) is 9.59 Å². The van der Waals surface area contributed by atoms with E-state index in [2.05, 4.69) is 0 Å². The maximum Gasteiger partial charge on any atom is 0.308 e. The zero-order valence-electron chi connectivity index (χ0n) is 11.3. The highest BCUT2D eigenvalue weighted by molar-refractivity contribution is 5.94. The molecule has 0 radical (unpaired) electrons. The molecule has 2 rings (SSSR count). The smallest absolute Gasteiger partial charge is 0.308 e. The zero-order valence-corrected chi connectivity index (χ0v) is 11.3. The van der Waals surface area contributed by atoms with E-state index in [1.165, 1.54) is 7.11 Å². The minimum Gasteiger partial charge on any atom is -0.469 e. The molecule has 1 aliphatic rings. The van der Waals surface area contributed by atoms with E-state index in [0.717, 1.165) is 0 Å². The lowest BCUT2D eigenvalue weighted by molar-refractivity contribution is -0.146. The maximum atomic E-state index is 12.3. The molecule has 0 bridgehead atoms. The fraction of sp³-hybridized carbons (Fsp3) is 0.400. The van der Waals surface area contributed by atoms with Gasteiger partial charge in [0.1, 0.15) is 0 Å². The Morgan fingerprint density at radius 3 is 2.35 bits per heavy atom. The number of ether oxygens (including phenoxy) is 1. The number of hydrogen-bond donors (Lipinski definition) is 0. The summed E-state index contributed by atoms with van der Waals surface area (Å²) >= 11 is 0. The molecule has 1 amide bonds. The highest BCUT2D eigenvalue weighted by Gasteiger charge is 2.28. The van der Waals surface area contributed by atoms with Crippen LogP contribution >= 0.6 is 0 Å². The van der Waals surface area contributed by atoms with Gasteiger partial charge in [-0.25, -0.2) is 0 Å². The second-order valence-corrected chi connectivity index (χ2v) is 4.78. The van der Waals surface area contributed by atoms with E-state index in [-0.39, 0.29) is 17.8 Å². The van der Waals surface area contributed by atoms with Crippen molar-refractivity contribution in [2.24, 2.45) is 5.92 Å². The van der Waals surface area contributed by atoms with Crippen LogP contribution < -0.4 is 0 Å². The standard InChI is InChI=1S/C15H16N2O3/c1-20-15(19)13-6-8-17(9-7-13)14(18)12-4-2-11(10-16)3-5-12/h2-5,13H,6-9H2,1H3. The van der Waals surface area contributed by atoms with Crippen molar-refractivity contribution >= 4 is 11.9 Å². The Hall–Kier alpha value is -2.35. The molecule has 0 unspecified atom stereocenters. The van der Waals surface area contributed by atoms with Crippen molar-refractivity contribution in [3.8, 4) is 6.07 Å². The average Bonchev–Trinajstić information content (AvgIpc) is 2.53. The Morgan fingerprint density at radius 1 is 1.25 bits per heavy atom. The summed E-state index contributed by atoms with van der Waals surface area (Å²) in [6, 6.07) is 8.61. The van der Waals surface area contributed by atoms with Crippen LogP contribution in [0.5, 0.6) is 0 Å². The summed E-state index contributed by atoms with van der Waals surface area (Å²) in [6.07, 6.45) is 1.27. The summed E-state index contributed by atoms with van der Waals surface area (Å²) in [6.45, 7) is 1.11. The number of rotatable bonds is 2. The molecular formula is C15H16N2O3. The molecule has 0 N–H and O–H groups in total. The molecule has 1 heterocycles. The molecule has 0 atom stereocenters. The topological polar surface area (TPSA) is 70.4 Å². The Morgan fingerprint density at radius 2 is 1.85 bits per heavy atom. The highest BCUT2D eigenvalue weighted by atomic mass is 16.5. The first-order valence-corrected chi connectivity index (χ1v) is 6.53. The van der Waals surface area contributed by atoms with Crippen molar-refractivity contribution in [3.63, 3.8) is 0 Å². The van der Waals surface area contributed by atoms with Gasteiger partial charge in [0.25, 0.3) is 5.91 Å². The lowest BCUT2D eigenvalue weighted by Crippen LogP contribution is -2.40. The molecule has 0 aromatic heterocycles. The van der Waals surface area contributed by atoms with Crippen LogP contribution in [0.4, 0.5) is 0 Å². The van der Waals surface area contributed by atoms with Crippen LogP contribution in [0.2, 0.25) is 0 Å². The van der Waals surface area contributed by atoms with Crippen molar-refractivity contribution in [1.82, 2.24) is 4.90 Å². The summed E-state index contributed by atoms with van der Waals surface area (Å²) in [5, 5.41) is 8.73. The summed E-state index contributed by atoms with van der Waals surface area (Å²) in [5.41, 5.74) is 1.10. The predicted molar refractivity (Wildman–Crippen MR) is 71.8 cm³/mol. The van der Waals surface area contributed by atoms with Crippen molar-refractivity contribution in [1.29, 1.82) is 5.26 Å². The van der Waals surface area contributed by atoms with Gasteiger partial charge in [0.15, 0.2) is 0 Å². The first-order chi connectivity index (χ1) is 9.65. The van der Waals surface area contributed by atoms with Crippen LogP contribution in [-0.2, 0) is 9.53 Å². The van der Waals surface area contributed by atoms with E-state index in [1.54, 1.807) is 29.2 Å². The minimum absolute atomic E-state index is 0.0576. The normalized spacial score (nSPS) is 15.5. The molecule has 1 aliphatic heterocycles. The van der Waals surface area contributed by atoms with Gasteiger partial charge in [0.2, 0.25) is 0 Å². The van der Waals surface area contributed by atoms with Crippen molar-refractivity contribution in [3.05, 3.63) is 35.4 Å². The second-order valence-electron chi connectivity index (χ2n) is 4.78. The number of likely N-dealkylation sites (tertiary alicyclic amines) is 1. The van der Waals surface area contributed by atoms with Crippen LogP contribution in [0, 0.1) is 17.2 Å². The van der Waals surface area contributed by atoms with Crippen LogP contribution in [0.25, 0.3) is 0 Å². The Labute approximate surface area is 117 Å². The van der Waals surface area contributed by atoms with Gasteiger partial charge in [-0.15, -0.1) is 0 Å². The largest absolute Gasteiger partial charge is 0.469 e. The molecule has 5 heteroatoms. The second kappa shape index (κ2) is 6.20. The van der Waals surface area contributed by atoms with Gasteiger partial charge in [-0.2, -0.15) is 5.26 Å². The lowest BCUT2D eigenvalue weighted by atomic mass is 9.96. The SMILES string of the molecule is COC(=O)C1CCN(C(=O)c2ccc(C#N)cc2)CC1. The molecule has 0 aliphatic carbocycles. The summed E-state index contributed by atoms with van der Waals surface area (Å²) in [7, 11) is 1.39. The number of benzene rings is 1. The van der Waals surface area contributed by atoms with Gasteiger partial charge >= 0.3 is 5.97 Å². The van der Waals surface area contributed by atoms with Crippen LogP contribution in [0.3, 0.4) is 0 Å². The van der Waals surface area contributed by atoms with Gasteiger partial charge < -0.3 is 9.64 Å². The molecular weight excluding hydrogens is 256 g/mol. The molecule has 1 aromatic rings. The molecule has 0 saturated carbocycles. The van der Waals surface area contributed by atoms with Gasteiger partial charge in [-0.05, 0) is 37.1 Å². The lowest BCUT2D eigenvalue weighted by Gasteiger charge is -2.30. The molecule has 5 nitrogen and oxygen atoms in total. The molecule has 1 fully saturated rings. The first kappa shape index (κ1) is 14.1. The van der Waals surface area contributed by atoms with Crippen molar-refractivity contribution in [2.45, 2.75) is 12.8 Å². The monoisotopic (exact) mass is 272 g/mol. The third-order valence-electron chi connectivity index (χ3n) is 3.58. The third-order valence-corrected chi connectivity index (χ3v) is 3.58. The van der Waals surface area contributed by atoms with Gasteiger partial charge in [0, 0.05) is 18.7 Å². The number of nitrogens with zero attached hydrogens (tertiary/aromatic N) is 2. The average molecular weight is 272 g/mol. The van der Waals surface area contributed by atoms with E-state index in [1.807, 2.05) is 6.07 Å². The van der Waals surface area contributed by atoms with Crippen molar-refractivity contribution < 1.29 is 14.3 Å². The van der Waals surface area contributed by atoms with Gasteiger partial charge in [-0.1, -0.05) is 0 Å². The molecule has 20 heavy (non-hydrogen) atoms. The summed E-state index contributed by atoms with van der Waals surface area (Å²) in [5.74, 6) is -0.363. The van der Waals surface area contributed by atoms with Crippen LogP contribution in [0.1, 0.15) is 28.8 Å². The summed E-state index contributed by atoms with van der Waals surface area (Å²) in [4.78, 5) is 25.4. The van der Waals surface area contributed by atoms with E-state index in [0.29, 0.717) is 37.1 Å². The minimum atomic E-state index is -0.199. The van der Waals surface area contributed by atoms with Crippen LogP contribution in [0.15, 0.2) is 24.3 Å². The fourth-order valence-corrected chi connectivity index (χ4v) is 2.35. The van der Waals surface area contributed by atoms with E-state index < -0.39 is 0 Å². The fourth-order valence-electron chi connectivity index (χ4n) is 2.35.